The molecule has 0 amide bonds. The Labute approximate surface area is 98.7 Å². The molecule has 1 aliphatic carbocycles. The van der Waals surface area contributed by atoms with Crippen LogP contribution in [0.2, 0.25) is 0 Å². The van der Waals surface area contributed by atoms with Crippen LogP contribution in [0, 0.1) is 3.57 Å². The first kappa shape index (κ1) is 10.0. The van der Waals surface area contributed by atoms with Gasteiger partial charge in [0.05, 0.1) is 0 Å². The highest BCUT2D eigenvalue weighted by atomic mass is 127. The summed E-state index contributed by atoms with van der Waals surface area (Å²) in [6.45, 7) is 0. The van der Waals surface area contributed by atoms with E-state index in [1.54, 1.807) is 0 Å². The minimum Gasteiger partial charge on any atom is -0.378 e. The molecular weight excluding hydrogens is 285 g/mol. The average molecular weight is 299 g/mol. The fourth-order valence-electron chi connectivity index (χ4n) is 1.71. The fraction of sp³-hybridized carbons (Fsp3) is 0.333. The summed E-state index contributed by atoms with van der Waals surface area (Å²) >= 11 is 2.37. The summed E-state index contributed by atoms with van der Waals surface area (Å²) < 4.78 is 1.30. The number of hydrogen-bond donors (Lipinski definition) is 1. The van der Waals surface area contributed by atoms with Gasteiger partial charge < -0.3 is 5.32 Å². The Hall–Kier alpha value is -0.510. The maximum Gasteiger partial charge on any atom is 0.0480 e. The molecule has 0 radical (unpaired) electrons. The molecule has 1 nitrogen and oxygen atoms in total. The minimum absolute atomic E-state index is 0.527. The molecule has 2 heteroatoms. The van der Waals surface area contributed by atoms with Gasteiger partial charge in [0.25, 0.3) is 0 Å². The van der Waals surface area contributed by atoms with E-state index in [0.29, 0.717) is 6.04 Å². The second kappa shape index (κ2) is 4.82. The molecule has 0 aliphatic heterocycles. The Morgan fingerprint density at radius 1 is 1.29 bits per heavy atom. The SMILES string of the molecule is Ic1ccccc1N[C@H]1C=CCCC1. The lowest BCUT2D eigenvalue weighted by Crippen LogP contribution is -2.19. The molecule has 14 heavy (non-hydrogen) atoms. The molecule has 0 heterocycles. The highest BCUT2D eigenvalue weighted by molar-refractivity contribution is 14.1. The molecule has 1 aliphatic rings. The summed E-state index contributed by atoms with van der Waals surface area (Å²) in [5.41, 5.74) is 1.25. The minimum atomic E-state index is 0.527. The summed E-state index contributed by atoms with van der Waals surface area (Å²) in [5.74, 6) is 0. The standard InChI is InChI=1S/C12H14IN/c13-11-8-4-5-9-12(11)14-10-6-2-1-3-7-10/h2,4-6,8-10,14H,1,3,7H2/t10-/m0/s1. The summed E-state index contributed by atoms with van der Waals surface area (Å²) in [4.78, 5) is 0. The maximum absolute atomic E-state index is 3.55. The van der Waals surface area contributed by atoms with Crippen LogP contribution >= 0.6 is 22.6 Å². The van der Waals surface area contributed by atoms with E-state index in [4.69, 9.17) is 0 Å². The largest absolute Gasteiger partial charge is 0.378 e. The van der Waals surface area contributed by atoms with Crippen LogP contribution in [0.25, 0.3) is 0 Å². The first-order valence-electron chi connectivity index (χ1n) is 5.04. The number of para-hydroxylation sites is 1. The van der Waals surface area contributed by atoms with Crippen LogP contribution in [0.5, 0.6) is 0 Å². The normalized spacial score (nSPS) is 20.8. The highest BCUT2D eigenvalue weighted by Gasteiger charge is 2.08. The van der Waals surface area contributed by atoms with E-state index in [9.17, 15) is 0 Å². The van der Waals surface area contributed by atoms with Crippen molar-refractivity contribution in [2.75, 3.05) is 5.32 Å². The summed E-state index contributed by atoms with van der Waals surface area (Å²) in [6.07, 6.45) is 8.35. The molecule has 0 saturated carbocycles. The lowest BCUT2D eigenvalue weighted by molar-refractivity contribution is 0.673. The van der Waals surface area contributed by atoms with Gasteiger partial charge in [0.1, 0.15) is 0 Å². The van der Waals surface area contributed by atoms with E-state index in [1.807, 2.05) is 0 Å². The Bertz CT molecular complexity index is 333. The van der Waals surface area contributed by atoms with Crippen molar-refractivity contribution in [2.45, 2.75) is 25.3 Å². The third-order valence-electron chi connectivity index (χ3n) is 2.47. The predicted octanol–water partition coefficient (Wildman–Crippen LogP) is 3.81. The molecule has 0 saturated heterocycles. The summed E-state index contributed by atoms with van der Waals surface area (Å²) in [6, 6.07) is 8.96. The zero-order valence-electron chi connectivity index (χ0n) is 8.04. The van der Waals surface area contributed by atoms with Crippen LogP contribution in [0.4, 0.5) is 5.69 Å². The van der Waals surface area contributed by atoms with Crippen LogP contribution < -0.4 is 5.32 Å². The van der Waals surface area contributed by atoms with Crippen molar-refractivity contribution in [1.29, 1.82) is 0 Å². The number of rotatable bonds is 2. The van der Waals surface area contributed by atoms with Gasteiger partial charge in [0.2, 0.25) is 0 Å². The van der Waals surface area contributed by atoms with E-state index in [1.165, 1.54) is 28.5 Å². The molecule has 1 atom stereocenters. The Kier molecular flexibility index (Phi) is 3.45. The van der Waals surface area contributed by atoms with Gasteiger partial charge in [-0.3, -0.25) is 0 Å². The molecular formula is C12H14IN. The first-order valence-corrected chi connectivity index (χ1v) is 6.12. The van der Waals surface area contributed by atoms with Crippen molar-refractivity contribution in [3.8, 4) is 0 Å². The second-order valence-electron chi connectivity index (χ2n) is 3.59. The number of halogens is 1. The monoisotopic (exact) mass is 299 g/mol. The van der Waals surface area contributed by atoms with Crippen LogP contribution in [-0.4, -0.2) is 6.04 Å². The Morgan fingerprint density at radius 2 is 2.14 bits per heavy atom. The van der Waals surface area contributed by atoms with E-state index < -0.39 is 0 Å². The van der Waals surface area contributed by atoms with Crippen LogP contribution in [-0.2, 0) is 0 Å². The number of anilines is 1. The predicted molar refractivity (Wildman–Crippen MR) is 69.6 cm³/mol. The van der Waals surface area contributed by atoms with Crippen molar-refractivity contribution < 1.29 is 0 Å². The van der Waals surface area contributed by atoms with Crippen molar-refractivity contribution >= 4 is 28.3 Å². The number of benzene rings is 1. The van der Waals surface area contributed by atoms with Gasteiger partial charge in [-0.05, 0) is 54.0 Å². The third-order valence-corrected chi connectivity index (χ3v) is 3.41. The molecule has 0 bridgehead atoms. The summed E-state index contributed by atoms with van der Waals surface area (Å²) in [7, 11) is 0. The van der Waals surface area contributed by atoms with Gasteiger partial charge in [-0.2, -0.15) is 0 Å². The van der Waals surface area contributed by atoms with Gasteiger partial charge in [-0.15, -0.1) is 0 Å². The molecule has 0 fully saturated rings. The van der Waals surface area contributed by atoms with E-state index in [0.717, 1.165) is 0 Å². The van der Waals surface area contributed by atoms with Gasteiger partial charge in [-0.25, -0.2) is 0 Å². The molecule has 0 aromatic heterocycles. The lowest BCUT2D eigenvalue weighted by atomic mass is 10.0. The fourth-order valence-corrected chi connectivity index (χ4v) is 2.25. The second-order valence-corrected chi connectivity index (χ2v) is 4.75. The summed E-state index contributed by atoms with van der Waals surface area (Å²) in [5, 5.41) is 3.55. The van der Waals surface area contributed by atoms with Gasteiger partial charge >= 0.3 is 0 Å². The van der Waals surface area contributed by atoms with Crippen molar-refractivity contribution in [3.63, 3.8) is 0 Å². The number of nitrogens with one attached hydrogen (secondary N) is 1. The average Bonchev–Trinajstić information content (AvgIpc) is 2.23. The quantitative estimate of drug-likeness (QED) is 0.647. The van der Waals surface area contributed by atoms with Crippen molar-refractivity contribution in [3.05, 3.63) is 40.0 Å². The van der Waals surface area contributed by atoms with Crippen LogP contribution in [0.1, 0.15) is 19.3 Å². The maximum atomic E-state index is 3.55. The van der Waals surface area contributed by atoms with Gasteiger partial charge in [0.15, 0.2) is 0 Å². The highest BCUT2D eigenvalue weighted by Crippen LogP contribution is 2.21. The molecule has 1 aromatic carbocycles. The lowest BCUT2D eigenvalue weighted by Gasteiger charge is -2.19. The Balaban J connectivity index is 2.06. The molecule has 1 aromatic rings. The zero-order chi connectivity index (χ0) is 9.80. The van der Waals surface area contributed by atoms with Crippen LogP contribution in [0.15, 0.2) is 36.4 Å². The third kappa shape index (κ3) is 2.50. The zero-order valence-corrected chi connectivity index (χ0v) is 10.2. The molecule has 0 unspecified atom stereocenters. The molecule has 0 spiro atoms. The topological polar surface area (TPSA) is 12.0 Å². The van der Waals surface area contributed by atoms with E-state index in [-0.39, 0.29) is 0 Å². The van der Waals surface area contributed by atoms with Gasteiger partial charge in [-0.1, -0.05) is 24.3 Å². The number of hydrogen-bond acceptors (Lipinski definition) is 1. The molecule has 1 N–H and O–H groups in total. The Morgan fingerprint density at radius 3 is 2.86 bits per heavy atom. The van der Waals surface area contributed by atoms with Crippen LogP contribution in [0.3, 0.4) is 0 Å². The van der Waals surface area contributed by atoms with E-state index >= 15 is 0 Å². The molecule has 2 rings (SSSR count). The smallest absolute Gasteiger partial charge is 0.0480 e. The van der Waals surface area contributed by atoms with Crippen molar-refractivity contribution in [2.24, 2.45) is 0 Å². The van der Waals surface area contributed by atoms with Gasteiger partial charge in [0, 0.05) is 15.3 Å². The first-order chi connectivity index (χ1) is 6.86. The van der Waals surface area contributed by atoms with E-state index in [2.05, 4.69) is 64.3 Å². The number of allylic oxidation sites excluding steroid dienone is 1. The van der Waals surface area contributed by atoms with Crippen molar-refractivity contribution in [1.82, 2.24) is 0 Å². The molecule has 74 valence electrons.